The summed E-state index contributed by atoms with van der Waals surface area (Å²) in [7, 11) is 0. The molecular formula is C11H15N3O2. The van der Waals surface area contributed by atoms with Crippen LogP contribution in [0.2, 0.25) is 0 Å². The van der Waals surface area contributed by atoms with Crippen molar-refractivity contribution in [2.24, 2.45) is 0 Å². The third kappa shape index (κ3) is 1.66. The van der Waals surface area contributed by atoms with Gasteiger partial charge in [0.15, 0.2) is 0 Å². The molecule has 5 nitrogen and oxygen atoms in total. The Morgan fingerprint density at radius 3 is 3.12 bits per heavy atom. The lowest BCUT2D eigenvalue weighted by Crippen LogP contribution is -2.31. The van der Waals surface area contributed by atoms with Crippen molar-refractivity contribution in [2.75, 3.05) is 13.1 Å². The summed E-state index contributed by atoms with van der Waals surface area (Å²) < 4.78 is 5.24. The molecule has 0 saturated carbocycles. The Labute approximate surface area is 93.2 Å². The molecule has 0 spiro atoms. The van der Waals surface area contributed by atoms with Crippen molar-refractivity contribution in [1.29, 1.82) is 0 Å². The molecule has 2 N–H and O–H groups in total. The SMILES string of the molecule is O=c1[nH]c(C2CCCNC2)nc2c1COC2. The molecule has 2 aliphatic heterocycles. The number of aromatic nitrogens is 2. The maximum Gasteiger partial charge on any atom is 0.256 e. The molecule has 5 heteroatoms. The Hall–Kier alpha value is -1.20. The molecule has 0 bridgehead atoms. The van der Waals surface area contributed by atoms with Crippen LogP contribution in [0, 0.1) is 0 Å². The van der Waals surface area contributed by atoms with Crippen molar-refractivity contribution in [2.45, 2.75) is 32.0 Å². The Morgan fingerprint density at radius 1 is 1.38 bits per heavy atom. The van der Waals surface area contributed by atoms with E-state index in [9.17, 15) is 4.79 Å². The third-order valence-electron chi connectivity index (χ3n) is 3.29. The van der Waals surface area contributed by atoms with E-state index in [1.165, 1.54) is 0 Å². The summed E-state index contributed by atoms with van der Waals surface area (Å²) >= 11 is 0. The Morgan fingerprint density at radius 2 is 2.31 bits per heavy atom. The molecule has 3 rings (SSSR count). The van der Waals surface area contributed by atoms with E-state index in [1.807, 2.05) is 0 Å². The molecule has 2 aliphatic rings. The van der Waals surface area contributed by atoms with E-state index in [4.69, 9.17) is 4.74 Å². The number of H-pyrrole nitrogens is 1. The van der Waals surface area contributed by atoms with Crippen molar-refractivity contribution in [3.63, 3.8) is 0 Å². The highest BCUT2D eigenvalue weighted by molar-refractivity contribution is 5.20. The molecule has 0 aliphatic carbocycles. The number of nitrogens with one attached hydrogen (secondary N) is 2. The number of piperidine rings is 1. The Kier molecular flexibility index (Phi) is 2.49. The van der Waals surface area contributed by atoms with Crippen molar-refractivity contribution >= 4 is 0 Å². The predicted octanol–water partition coefficient (Wildman–Crippen LogP) is 0.267. The van der Waals surface area contributed by atoms with Crippen LogP contribution in [0.3, 0.4) is 0 Å². The third-order valence-corrected chi connectivity index (χ3v) is 3.29. The lowest BCUT2D eigenvalue weighted by Gasteiger charge is -2.21. The largest absolute Gasteiger partial charge is 0.370 e. The number of hydrogen-bond acceptors (Lipinski definition) is 4. The minimum Gasteiger partial charge on any atom is -0.370 e. The van der Waals surface area contributed by atoms with E-state index in [2.05, 4.69) is 15.3 Å². The Bertz CT molecular complexity index is 449. The van der Waals surface area contributed by atoms with Gasteiger partial charge in [0.1, 0.15) is 5.82 Å². The van der Waals surface area contributed by atoms with Gasteiger partial charge in [0.05, 0.1) is 24.5 Å². The molecule has 86 valence electrons. The average Bonchev–Trinajstić information content (AvgIpc) is 2.79. The average molecular weight is 221 g/mol. The van der Waals surface area contributed by atoms with Crippen molar-refractivity contribution < 1.29 is 4.74 Å². The second kappa shape index (κ2) is 3.99. The molecule has 0 aromatic carbocycles. The van der Waals surface area contributed by atoms with E-state index in [0.29, 0.717) is 24.7 Å². The topological polar surface area (TPSA) is 67.0 Å². The molecular weight excluding hydrogens is 206 g/mol. The van der Waals surface area contributed by atoms with E-state index < -0.39 is 0 Å². The Balaban J connectivity index is 1.96. The second-order valence-corrected chi connectivity index (χ2v) is 4.41. The zero-order chi connectivity index (χ0) is 11.0. The summed E-state index contributed by atoms with van der Waals surface area (Å²) in [6.45, 7) is 2.85. The molecule has 0 radical (unpaired) electrons. The first kappa shape index (κ1) is 9.99. The normalized spacial score (nSPS) is 24.4. The first-order chi connectivity index (χ1) is 7.84. The van der Waals surface area contributed by atoms with Crippen LogP contribution in [0.5, 0.6) is 0 Å². The molecule has 1 atom stereocenters. The van der Waals surface area contributed by atoms with Crippen molar-refractivity contribution in [3.05, 3.63) is 27.4 Å². The molecule has 1 unspecified atom stereocenters. The van der Waals surface area contributed by atoms with Gasteiger partial charge in [0, 0.05) is 12.5 Å². The fourth-order valence-electron chi connectivity index (χ4n) is 2.36. The molecule has 3 heterocycles. The van der Waals surface area contributed by atoms with Gasteiger partial charge in [-0.05, 0) is 19.4 Å². The van der Waals surface area contributed by atoms with Gasteiger partial charge in [0.25, 0.3) is 5.56 Å². The van der Waals surface area contributed by atoms with Crippen LogP contribution >= 0.6 is 0 Å². The van der Waals surface area contributed by atoms with Gasteiger partial charge in [-0.25, -0.2) is 4.98 Å². The lowest BCUT2D eigenvalue weighted by atomic mass is 9.98. The van der Waals surface area contributed by atoms with Gasteiger partial charge < -0.3 is 15.0 Å². The highest BCUT2D eigenvalue weighted by Gasteiger charge is 2.22. The summed E-state index contributed by atoms with van der Waals surface area (Å²) in [6.07, 6.45) is 2.23. The number of hydrogen-bond donors (Lipinski definition) is 2. The molecule has 0 amide bonds. The van der Waals surface area contributed by atoms with E-state index >= 15 is 0 Å². The maximum absolute atomic E-state index is 11.8. The van der Waals surface area contributed by atoms with E-state index in [-0.39, 0.29) is 5.56 Å². The first-order valence-electron chi connectivity index (χ1n) is 5.75. The van der Waals surface area contributed by atoms with Crippen LogP contribution in [0.1, 0.15) is 35.8 Å². The lowest BCUT2D eigenvalue weighted by molar-refractivity contribution is 0.132. The molecule has 1 fully saturated rings. The first-order valence-corrected chi connectivity index (χ1v) is 5.75. The summed E-state index contributed by atoms with van der Waals surface area (Å²) in [5, 5.41) is 3.33. The van der Waals surface area contributed by atoms with E-state index in [0.717, 1.165) is 37.4 Å². The van der Waals surface area contributed by atoms with Crippen LogP contribution in [-0.2, 0) is 18.0 Å². The number of nitrogens with zero attached hydrogens (tertiary/aromatic N) is 1. The van der Waals surface area contributed by atoms with Crippen LogP contribution in [-0.4, -0.2) is 23.1 Å². The fraction of sp³-hybridized carbons (Fsp3) is 0.636. The van der Waals surface area contributed by atoms with E-state index in [1.54, 1.807) is 0 Å². The summed E-state index contributed by atoms with van der Waals surface area (Å²) in [5.41, 5.74) is 1.50. The number of fused-ring (bicyclic) bond motifs is 1. The summed E-state index contributed by atoms with van der Waals surface area (Å²) in [5.74, 6) is 1.16. The van der Waals surface area contributed by atoms with Crippen LogP contribution < -0.4 is 10.9 Å². The van der Waals surface area contributed by atoms with Gasteiger partial charge in [-0.1, -0.05) is 0 Å². The second-order valence-electron chi connectivity index (χ2n) is 4.41. The fourth-order valence-corrected chi connectivity index (χ4v) is 2.36. The van der Waals surface area contributed by atoms with Gasteiger partial charge in [0.2, 0.25) is 0 Å². The van der Waals surface area contributed by atoms with Gasteiger partial charge in [-0.2, -0.15) is 0 Å². The smallest absolute Gasteiger partial charge is 0.256 e. The minimum atomic E-state index is -0.0249. The van der Waals surface area contributed by atoms with Crippen LogP contribution in [0.25, 0.3) is 0 Å². The number of aromatic amines is 1. The highest BCUT2D eigenvalue weighted by Crippen LogP contribution is 2.21. The predicted molar refractivity (Wildman–Crippen MR) is 58.2 cm³/mol. The summed E-state index contributed by atoms with van der Waals surface area (Å²) in [6, 6.07) is 0. The van der Waals surface area contributed by atoms with Crippen molar-refractivity contribution in [1.82, 2.24) is 15.3 Å². The number of ether oxygens (including phenoxy) is 1. The van der Waals surface area contributed by atoms with Gasteiger partial charge in [-0.3, -0.25) is 4.79 Å². The molecule has 1 aromatic rings. The standard InChI is InChI=1S/C11H15N3O2/c15-11-8-5-16-6-9(8)13-10(14-11)7-2-1-3-12-4-7/h7,12H,1-6H2,(H,13,14,15). The molecule has 1 aromatic heterocycles. The maximum atomic E-state index is 11.8. The van der Waals surface area contributed by atoms with Gasteiger partial charge in [-0.15, -0.1) is 0 Å². The highest BCUT2D eigenvalue weighted by atomic mass is 16.5. The van der Waals surface area contributed by atoms with Crippen molar-refractivity contribution in [3.8, 4) is 0 Å². The van der Waals surface area contributed by atoms with Crippen LogP contribution in [0.4, 0.5) is 0 Å². The minimum absolute atomic E-state index is 0.0249. The van der Waals surface area contributed by atoms with Gasteiger partial charge >= 0.3 is 0 Å². The summed E-state index contributed by atoms with van der Waals surface area (Å²) in [4.78, 5) is 19.2. The quantitative estimate of drug-likeness (QED) is 0.714. The monoisotopic (exact) mass is 221 g/mol. The zero-order valence-electron chi connectivity index (χ0n) is 9.08. The molecule has 16 heavy (non-hydrogen) atoms. The van der Waals surface area contributed by atoms with Crippen LogP contribution in [0.15, 0.2) is 4.79 Å². The molecule has 1 saturated heterocycles. The number of rotatable bonds is 1. The zero-order valence-corrected chi connectivity index (χ0v) is 9.08.